The van der Waals surface area contributed by atoms with E-state index in [1.165, 1.54) is 11.3 Å². The Balaban J connectivity index is 1.76. The maximum atomic E-state index is 11.9. The molecule has 0 aliphatic carbocycles. The molecule has 0 bridgehead atoms. The van der Waals surface area contributed by atoms with Crippen LogP contribution in [0.5, 0.6) is 0 Å². The third-order valence-electron chi connectivity index (χ3n) is 2.48. The van der Waals surface area contributed by atoms with Crippen LogP contribution in [0, 0.1) is 0 Å². The monoisotopic (exact) mass is 328 g/mol. The topological polar surface area (TPSA) is 62.2 Å². The Morgan fingerprint density at radius 2 is 2.30 bits per heavy atom. The number of thiophene rings is 1. The van der Waals surface area contributed by atoms with E-state index in [1.807, 2.05) is 16.8 Å². The number of aliphatic hydroxyl groups is 1. The van der Waals surface area contributed by atoms with Gasteiger partial charge < -0.3 is 10.4 Å². The maximum Gasteiger partial charge on any atom is 0.270 e. The molecule has 4 nitrogen and oxygen atoms in total. The van der Waals surface area contributed by atoms with Gasteiger partial charge in [-0.25, -0.2) is 4.98 Å². The summed E-state index contributed by atoms with van der Waals surface area (Å²) in [5.74, 6) is 1.66. The number of thioether (sulfide) groups is 1. The number of rotatable bonds is 8. The number of thiazole rings is 1. The molecule has 0 aliphatic rings. The molecule has 2 N–H and O–H groups in total. The fourth-order valence-electron chi connectivity index (χ4n) is 1.49. The van der Waals surface area contributed by atoms with E-state index in [1.54, 1.807) is 28.5 Å². The summed E-state index contributed by atoms with van der Waals surface area (Å²) in [7, 11) is 0. The number of carbonyl (C=O) groups is 1. The summed E-state index contributed by atoms with van der Waals surface area (Å²) in [5, 5.41) is 18.2. The lowest BCUT2D eigenvalue weighted by molar-refractivity contribution is 0.0952. The predicted octanol–water partition coefficient (Wildman–Crippen LogP) is 2.72. The molecule has 0 atom stereocenters. The first-order valence-corrected chi connectivity index (χ1v) is 9.24. The van der Waals surface area contributed by atoms with E-state index >= 15 is 0 Å². The van der Waals surface area contributed by atoms with Gasteiger partial charge in [-0.3, -0.25) is 4.79 Å². The number of nitrogens with one attached hydrogen (secondary N) is 1. The van der Waals surface area contributed by atoms with Crippen molar-refractivity contribution in [3.05, 3.63) is 27.9 Å². The fourth-order valence-corrected chi connectivity index (χ4v) is 3.79. The Kier molecular flexibility index (Phi) is 6.52. The van der Waals surface area contributed by atoms with E-state index in [2.05, 4.69) is 10.3 Å². The second-order valence-corrected chi connectivity index (χ2v) is 6.86. The molecule has 2 aromatic heterocycles. The number of carbonyl (C=O) groups excluding carboxylic acids is 1. The van der Waals surface area contributed by atoms with Crippen molar-refractivity contribution in [2.24, 2.45) is 0 Å². The van der Waals surface area contributed by atoms with Crippen LogP contribution in [0.2, 0.25) is 0 Å². The van der Waals surface area contributed by atoms with Crippen LogP contribution in [0.15, 0.2) is 22.2 Å². The normalized spacial score (nSPS) is 10.7. The summed E-state index contributed by atoms with van der Waals surface area (Å²) < 4.78 is 0. The summed E-state index contributed by atoms with van der Waals surface area (Å²) in [6.07, 6.45) is 0.800. The number of hydrogen-bond donors (Lipinski definition) is 2. The molecular weight excluding hydrogens is 312 g/mol. The highest BCUT2D eigenvalue weighted by Crippen LogP contribution is 2.25. The molecule has 0 saturated carbocycles. The standard InChI is InChI=1S/C13H16N2O2S3/c16-4-1-5-18-7-3-14-12(17)11-9-20-13(15-11)10-2-6-19-8-10/h2,6,8-9,16H,1,3-5,7H2,(H,14,17). The van der Waals surface area contributed by atoms with Crippen LogP contribution in [0.3, 0.4) is 0 Å². The van der Waals surface area contributed by atoms with Gasteiger partial charge in [-0.15, -0.1) is 11.3 Å². The molecule has 0 aliphatic heterocycles. The highest BCUT2D eigenvalue weighted by molar-refractivity contribution is 7.99. The molecule has 108 valence electrons. The Labute approximate surface area is 130 Å². The Morgan fingerprint density at radius 1 is 1.40 bits per heavy atom. The van der Waals surface area contributed by atoms with Crippen molar-refractivity contribution in [2.75, 3.05) is 24.7 Å². The van der Waals surface area contributed by atoms with E-state index in [9.17, 15) is 4.79 Å². The largest absolute Gasteiger partial charge is 0.396 e. The molecule has 20 heavy (non-hydrogen) atoms. The summed E-state index contributed by atoms with van der Waals surface area (Å²) >= 11 is 4.84. The zero-order valence-electron chi connectivity index (χ0n) is 10.9. The summed E-state index contributed by atoms with van der Waals surface area (Å²) in [4.78, 5) is 16.3. The number of nitrogens with zero attached hydrogens (tertiary/aromatic N) is 1. The first-order chi connectivity index (χ1) is 9.81. The van der Waals surface area contributed by atoms with Crippen LogP contribution >= 0.6 is 34.4 Å². The van der Waals surface area contributed by atoms with Gasteiger partial charge in [-0.2, -0.15) is 23.1 Å². The minimum atomic E-state index is -0.120. The quantitative estimate of drug-likeness (QED) is 0.732. The van der Waals surface area contributed by atoms with Gasteiger partial charge in [0.15, 0.2) is 0 Å². The third kappa shape index (κ3) is 4.59. The molecule has 0 aromatic carbocycles. The van der Waals surface area contributed by atoms with E-state index in [4.69, 9.17) is 5.11 Å². The molecule has 2 aromatic rings. The molecule has 0 saturated heterocycles. The Hall–Kier alpha value is -0.890. The smallest absolute Gasteiger partial charge is 0.270 e. The number of aliphatic hydroxyl groups excluding tert-OH is 1. The number of aromatic nitrogens is 1. The maximum absolute atomic E-state index is 11.9. The fraction of sp³-hybridized carbons (Fsp3) is 0.385. The zero-order chi connectivity index (χ0) is 14.2. The van der Waals surface area contributed by atoms with E-state index in [0.29, 0.717) is 12.2 Å². The Bertz CT molecular complexity index is 525. The molecule has 0 unspecified atom stereocenters. The van der Waals surface area contributed by atoms with Crippen molar-refractivity contribution in [3.8, 4) is 10.6 Å². The van der Waals surface area contributed by atoms with Crippen molar-refractivity contribution < 1.29 is 9.90 Å². The van der Waals surface area contributed by atoms with Gasteiger partial charge in [-0.05, 0) is 23.6 Å². The van der Waals surface area contributed by atoms with Gasteiger partial charge in [0.25, 0.3) is 5.91 Å². The average Bonchev–Trinajstić information content (AvgIpc) is 3.12. The van der Waals surface area contributed by atoms with Crippen molar-refractivity contribution in [3.63, 3.8) is 0 Å². The zero-order valence-corrected chi connectivity index (χ0v) is 13.3. The van der Waals surface area contributed by atoms with Gasteiger partial charge in [-0.1, -0.05) is 0 Å². The van der Waals surface area contributed by atoms with Crippen molar-refractivity contribution >= 4 is 40.3 Å². The molecule has 7 heteroatoms. The number of hydrogen-bond acceptors (Lipinski definition) is 6. The van der Waals surface area contributed by atoms with Gasteiger partial charge in [0.05, 0.1) is 0 Å². The average molecular weight is 328 g/mol. The van der Waals surface area contributed by atoms with Crippen LogP contribution in [-0.4, -0.2) is 40.7 Å². The second kappa shape index (κ2) is 8.41. The second-order valence-electron chi connectivity index (χ2n) is 4.00. The van der Waals surface area contributed by atoms with Gasteiger partial charge >= 0.3 is 0 Å². The minimum Gasteiger partial charge on any atom is -0.396 e. The van der Waals surface area contributed by atoms with Crippen LogP contribution in [0.25, 0.3) is 10.6 Å². The highest BCUT2D eigenvalue weighted by atomic mass is 32.2. The van der Waals surface area contributed by atoms with E-state index < -0.39 is 0 Å². The van der Waals surface area contributed by atoms with Gasteiger partial charge in [0.1, 0.15) is 10.7 Å². The molecule has 2 rings (SSSR count). The summed E-state index contributed by atoms with van der Waals surface area (Å²) in [6, 6.07) is 2.00. The lowest BCUT2D eigenvalue weighted by Gasteiger charge is -2.02. The van der Waals surface area contributed by atoms with Crippen LogP contribution in [-0.2, 0) is 0 Å². The van der Waals surface area contributed by atoms with E-state index in [0.717, 1.165) is 28.5 Å². The first kappa shape index (κ1) is 15.5. The predicted molar refractivity (Wildman–Crippen MR) is 86.8 cm³/mol. The van der Waals surface area contributed by atoms with Gasteiger partial charge in [0, 0.05) is 35.2 Å². The molecular formula is C13H16N2O2S3. The van der Waals surface area contributed by atoms with Crippen molar-refractivity contribution in [1.29, 1.82) is 0 Å². The molecule has 0 fully saturated rings. The van der Waals surface area contributed by atoms with Crippen molar-refractivity contribution in [2.45, 2.75) is 6.42 Å². The molecule has 1 amide bonds. The summed E-state index contributed by atoms with van der Waals surface area (Å²) in [5.41, 5.74) is 1.55. The first-order valence-electron chi connectivity index (χ1n) is 6.26. The van der Waals surface area contributed by atoms with Crippen LogP contribution in [0.4, 0.5) is 0 Å². The van der Waals surface area contributed by atoms with Crippen LogP contribution < -0.4 is 5.32 Å². The highest BCUT2D eigenvalue weighted by Gasteiger charge is 2.11. The SMILES string of the molecule is O=C(NCCSCCCO)c1csc(-c2ccsc2)n1. The molecule has 0 radical (unpaired) electrons. The van der Waals surface area contributed by atoms with Crippen molar-refractivity contribution in [1.82, 2.24) is 10.3 Å². The molecule has 0 spiro atoms. The Morgan fingerprint density at radius 3 is 3.05 bits per heavy atom. The summed E-state index contributed by atoms with van der Waals surface area (Å²) in [6.45, 7) is 0.851. The van der Waals surface area contributed by atoms with E-state index in [-0.39, 0.29) is 12.5 Å². The van der Waals surface area contributed by atoms with Gasteiger partial charge in [0.2, 0.25) is 0 Å². The number of amides is 1. The lowest BCUT2D eigenvalue weighted by Crippen LogP contribution is -2.26. The third-order valence-corrected chi connectivity index (χ3v) is 5.13. The lowest BCUT2D eigenvalue weighted by atomic mass is 10.3. The molecule has 2 heterocycles. The minimum absolute atomic E-state index is 0.120. The van der Waals surface area contributed by atoms with Crippen LogP contribution in [0.1, 0.15) is 16.9 Å².